The monoisotopic (exact) mass is 418 g/mol. The lowest BCUT2D eigenvalue weighted by atomic mass is 9.87. The molecular weight excluding hydrogens is 400 g/mol. The maximum Gasteiger partial charge on any atom is 0.272 e. The average Bonchev–Trinajstić information content (AvgIpc) is 2.67. The Morgan fingerprint density at radius 1 is 1.19 bits per heavy atom. The summed E-state index contributed by atoms with van der Waals surface area (Å²) in [5, 5.41) is 2.93. The minimum Gasteiger partial charge on any atom is -0.483 e. The van der Waals surface area contributed by atoms with Crippen molar-refractivity contribution in [2.24, 2.45) is 0 Å². The molecular formula is C19H19BrN2O4. The molecule has 0 radical (unpaired) electrons. The number of nitrogens with zero attached hydrogens (tertiary/aromatic N) is 1. The van der Waals surface area contributed by atoms with Gasteiger partial charge in [-0.25, -0.2) is 0 Å². The number of aromatic nitrogens is 1. The summed E-state index contributed by atoms with van der Waals surface area (Å²) in [5.41, 5.74) is 0.624. The number of hydrogen-bond acceptors (Lipinski definition) is 4. The molecule has 2 aliphatic heterocycles. The molecule has 0 unspecified atom stereocenters. The van der Waals surface area contributed by atoms with Crippen molar-refractivity contribution in [2.45, 2.75) is 25.0 Å². The number of amides is 1. The number of carbonyl (C=O) groups excluding carboxylic acids is 1. The Labute approximate surface area is 159 Å². The molecule has 2 aliphatic rings. The van der Waals surface area contributed by atoms with Gasteiger partial charge in [0.15, 0.2) is 11.4 Å². The minimum absolute atomic E-state index is 0.0892. The van der Waals surface area contributed by atoms with Crippen molar-refractivity contribution >= 4 is 21.8 Å². The van der Waals surface area contributed by atoms with E-state index in [-0.39, 0.29) is 29.2 Å². The maximum atomic E-state index is 12.7. The average molecular weight is 419 g/mol. The molecule has 6 nitrogen and oxygen atoms in total. The van der Waals surface area contributed by atoms with Gasteiger partial charge in [-0.2, -0.15) is 0 Å². The second-order valence-corrected chi connectivity index (χ2v) is 7.50. The van der Waals surface area contributed by atoms with E-state index in [0.29, 0.717) is 29.9 Å². The van der Waals surface area contributed by atoms with Gasteiger partial charge in [-0.05, 0) is 34.3 Å². The van der Waals surface area contributed by atoms with Gasteiger partial charge in [0, 0.05) is 26.0 Å². The first-order valence-electron chi connectivity index (χ1n) is 8.59. The fourth-order valence-corrected chi connectivity index (χ4v) is 3.98. The van der Waals surface area contributed by atoms with Gasteiger partial charge in [0.1, 0.15) is 6.61 Å². The van der Waals surface area contributed by atoms with Crippen molar-refractivity contribution in [3.63, 3.8) is 0 Å². The molecule has 1 saturated heterocycles. The quantitative estimate of drug-likeness (QED) is 0.830. The van der Waals surface area contributed by atoms with Gasteiger partial charge in [0.25, 0.3) is 5.91 Å². The lowest BCUT2D eigenvalue weighted by Crippen LogP contribution is -2.55. The van der Waals surface area contributed by atoms with Crippen LogP contribution in [0.1, 0.15) is 28.9 Å². The predicted octanol–water partition coefficient (Wildman–Crippen LogP) is 2.44. The fraction of sp³-hybridized carbons (Fsp3) is 0.368. The highest BCUT2D eigenvalue weighted by Crippen LogP contribution is 2.35. The van der Waals surface area contributed by atoms with E-state index in [2.05, 4.69) is 21.2 Å². The van der Waals surface area contributed by atoms with E-state index in [0.717, 1.165) is 18.4 Å². The first kappa shape index (κ1) is 17.3. The molecule has 7 heteroatoms. The number of ether oxygens (including phenoxy) is 2. The van der Waals surface area contributed by atoms with Gasteiger partial charge in [-0.15, -0.1) is 0 Å². The summed E-state index contributed by atoms with van der Waals surface area (Å²) in [7, 11) is 0. The molecule has 0 saturated carbocycles. The fourth-order valence-electron chi connectivity index (χ4n) is 3.59. The van der Waals surface area contributed by atoms with Crippen LogP contribution in [0.5, 0.6) is 5.75 Å². The second-order valence-electron chi connectivity index (χ2n) is 6.65. The number of fused-ring (bicyclic) bond motifs is 2. The van der Waals surface area contributed by atoms with Crippen molar-refractivity contribution in [3.8, 4) is 5.75 Å². The number of benzene rings is 1. The topological polar surface area (TPSA) is 69.6 Å². The number of carbonyl (C=O) groups is 1. The van der Waals surface area contributed by atoms with Gasteiger partial charge >= 0.3 is 0 Å². The number of rotatable bonds is 3. The van der Waals surface area contributed by atoms with Crippen LogP contribution in [-0.4, -0.2) is 30.2 Å². The Morgan fingerprint density at radius 3 is 2.65 bits per heavy atom. The van der Waals surface area contributed by atoms with Crippen LogP contribution in [0, 0.1) is 0 Å². The molecule has 0 atom stereocenters. The van der Waals surface area contributed by atoms with E-state index in [1.54, 1.807) is 6.20 Å². The van der Waals surface area contributed by atoms with Crippen molar-refractivity contribution < 1.29 is 14.3 Å². The zero-order valence-corrected chi connectivity index (χ0v) is 15.8. The minimum atomic E-state index is -0.313. The molecule has 0 aliphatic carbocycles. The van der Waals surface area contributed by atoms with Crippen LogP contribution < -0.4 is 15.5 Å². The molecule has 1 N–H and O–H groups in total. The molecule has 1 aromatic heterocycles. The summed E-state index contributed by atoms with van der Waals surface area (Å²) < 4.78 is 13.7. The van der Waals surface area contributed by atoms with Crippen LogP contribution in [0.25, 0.3) is 0 Å². The SMILES string of the molecule is O=C1NCC2(CCOCC2)n2cc(Br)c(=O)c(OCc3ccccc3)c21. The van der Waals surface area contributed by atoms with Gasteiger partial charge in [-0.1, -0.05) is 30.3 Å². The normalized spacial score (nSPS) is 18.3. The van der Waals surface area contributed by atoms with Crippen molar-refractivity contribution in [3.05, 3.63) is 62.5 Å². The number of pyridine rings is 1. The molecule has 136 valence electrons. The summed E-state index contributed by atoms with van der Waals surface area (Å²) in [4.78, 5) is 25.3. The zero-order chi connectivity index (χ0) is 18.1. The lowest BCUT2D eigenvalue weighted by molar-refractivity contribution is 0.0137. The standard InChI is InChI=1S/C19H19BrN2O4/c20-14-10-22-15(18(24)21-12-19(22)6-8-25-9-7-19)17(16(14)23)26-11-13-4-2-1-3-5-13/h1-5,10H,6-9,11-12H2,(H,21,24). The highest BCUT2D eigenvalue weighted by atomic mass is 79.9. The Hall–Kier alpha value is -2.12. The van der Waals surface area contributed by atoms with Gasteiger partial charge in [0.2, 0.25) is 5.43 Å². The molecule has 2 aromatic rings. The third-order valence-corrected chi connectivity index (χ3v) is 5.64. The predicted molar refractivity (Wildman–Crippen MR) is 99.5 cm³/mol. The van der Waals surface area contributed by atoms with E-state index in [1.807, 2.05) is 34.9 Å². The van der Waals surface area contributed by atoms with Gasteiger partial charge < -0.3 is 19.4 Å². The van der Waals surface area contributed by atoms with Crippen LogP contribution in [0.3, 0.4) is 0 Å². The molecule has 3 heterocycles. The van der Waals surface area contributed by atoms with Crippen molar-refractivity contribution in [1.82, 2.24) is 9.88 Å². The first-order valence-corrected chi connectivity index (χ1v) is 9.38. The Morgan fingerprint density at radius 2 is 1.92 bits per heavy atom. The summed E-state index contributed by atoms with van der Waals surface area (Å²) >= 11 is 3.35. The Balaban J connectivity index is 1.79. The third kappa shape index (κ3) is 2.95. The van der Waals surface area contributed by atoms with Crippen LogP contribution in [0.15, 0.2) is 45.8 Å². The van der Waals surface area contributed by atoms with Crippen LogP contribution in [0.4, 0.5) is 0 Å². The van der Waals surface area contributed by atoms with Crippen molar-refractivity contribution in [2.75, 3.05) is 19.8 Å². The Kier molecular flexibility index (Phi) is 4.58. The maximum absolute atomic E-state index is 12.7. The molecule has 1 fully saturated rings. The largest absolute Gasteiger partial charge is 0.483 e. The first-order chi connectivity index (χ1) is 12.6. The summed E-state index contributed by atoms with van der Waals surface area (Å²) in [6, 6.07) is 9.57. The molecule has 1 amide bonds. The second kappa shape index (κ2) is 6.89. The number of nitrogens with one attached hydrogen (secondary N) is 1. The molecule has 0 bridgehead atoms. The summed E-state index contributed by atoms with van der Waals surface area (Å²) in [5.74, 6) is -0.193. The summed E-state index contributed by atoms with van der Waals surface area (Å²) in [6.07, 6.45) is 3.26. The molecule has 1 aromatic carbocycles. The van der Waals surface area contributed by atoms with E-state index >= 15 is 0 Å². The van der Waals surface area contributed by atoms with E-state index in [9.17, 15) is 9.59 Å². The highest BCUT2D eigenvalue weighted by molar-refractivity contribution is 9.10. The lowest BCUT2D eigenvalue weighted by Gasteiger charge is -2.44. The van der Waals surface area contributed by atoms with Crippen LogP contribution in [0.2, 0.25) is 0 Å². The Bertz CT molecular complexity index is 888. The number of hydrogen-bond donors (Lipinski definition) is 1. The smallest absolute Gasteiger partial charge is 0.272 e. The molecule has 1 spiro atoms. The van der Waals surface area contributed by atoms with Crippen LogP contribution >= 0.6 is 15.9 Å². The highest BCUT2D eigenvalue weighted by Gasteiger charge is 2.42. The van der Waals surface area contributed by atoms with Gasteiger partial charge in [0.05, 0.1) is 10.0 Å². The summed E-state index contributed by atoms with van der Waals surface area (Å²) in [6.45, 7) is 2.00. The van der Waals surface area contributed by atoms with E-state index in [1.165, 1.54) is 0 Å². The van der Waals surface area contributed by atoms with Crippen LogP contribution in [-0.2, 0) is 16.9 Å². The molecule has 4 rings (SSSR count). The van der Waals surface area contributed by atoms with E-state index < -0.39 is 0 Å². The van der Waals surface area contributed by atoms with E-state index in [4.69, 9.17) is 9.47 Å². The zero-order valence-electron chi connectivity index (χ0n) is 14.2. The number of halogens is 1. The van der Waals surface area contributed by atoms with Crippen molar-refractivity contribution in [1.29, 1.82) is 0 Å². The third-order valence-electron chi connectivity index (χ3n) is 5.08. The van der Waals surface area contributed by atoms with Gasteiger partial charge in [-0.3, -0.25) is 9.59 Å². The molecule has 26 heavy (non-hydrogen) atoms.